The standard InChI is InChI=1S/C19H30N2/c1-2-14-5-3-8-18(11-14)19(21-20)13-15-9-10-16-6-4-7-17(16)12-15/h9-10,12,14,18-19,21H,2-8,11,13,20H2,1H3. The van der Waals surface area contributed by atoms with E-state index in [1.165, 1.54) is 56.9 Å². The topological polar surface area (TPSA) is 38.0 Å². The maximum Gasteiger partial charge on any atom is 0.0279 e. The van der Waals surface area contributed by atoms with Crippen molar-refractivity contribution in [3.8, 4) is 0 Å². The molecule has 3 N–H and O–H groups in total. The van der Waals surface area contributed by atoms with Crippen LogP contribution in [0.3, 0.4) is 0 Å². The monoisotopic (exact) mass is 286 g/mol. The summed E-state index contributed by atoms with van der Waals surface area (Å²) in [6.07, 6.45) is 11.8. The minimum absolute atomic E-state index is 0.443. The number of hydrogen-bond donors (Lipinski definition) is 2. The van der Waals surface area contributed by atoms with E-state index in [9.17, 15) is 0 Å². The van der Waals surface area contributed by atoms with Gasteiger partial charge in [0.2, 0.25) is 0 Å². The molecule has 2 heteroatoms. The summed E-state index contributed by atoms with van der Waals surface area (Å²) in [6, 6.07) is 7.56. The zero-order chi connectivity index (χ0) is 14.7. The molecule has 0 aliphatic heterocycles. The Hall–Kier alpha value is -0.860. The first-order chi connectivity index (χ1) is 10.3. The number of aryl methyl sites for hydroxylation is 2. The Labute approximate surface area is 129 Å². The maximum absolute atomic E-state index is 5.90. The van der Waals surface area contributed by atoms with Crippen LogP contribution in [0.1, 0.15) is 62.1 Å². The second-order valence-corrected chi connectivity index (χ2v) is 7.13. The lowest BCUT2D eigenvalue weighted by Crippen LogP contribution is -2.44. The number of hydrazine groups is 1. The highest BCUT2D eigenvalue weighted by Crippen LogP contribution is 2.34. The number of fused-ring (bicyclic) bond motifs is 1. The van der Waals surface area contributed by atoms with Gasteiger partial charge in [0, 0.05) is 6.04 Å². The first kappa shape index (κ1) is 15.1. The molecular formula is C19H30N2. The van der Waals surface area contributed by atoms with Crippen LogP contribution in [0.25, 0.3) is 0 Å². The first-order valence-corrected chi connectivity index (χ1v) is 8.87. The van der Waals surface area contributed by atoms with E-state index in [-0.39, 0.29) is 0 Å². The van der Waals surface area contributed by atoms with Gasteiger partial charge in [-0.1, -0.05) is 44.4 Å². The molecule has 116 valence electrons. The van der Waals surface area contributed by atoms with E-state index in [0.29, 0.717) is 6.04 Å². The SMILES string of the molecule is CCC1CCCC(C(Cc2ccc3c(c2)CCC3)NN)C1. The van der Waals surface area contributed by atoms with Crippen LogP contribution in [0.4, 0.5) is 0 Å². The fraction of sp³-hybridized carbons (Fsp3) is 0.684. The molecule has 3 unspecified atom stereocenters. The van der Waals surface area contributed by atoms with E-state index in [1.807, 2.05) is 0 Å². The first-order valence-electron chi connectivity index (χ1n) is 8.87. The smallest absolute Gasteiger partial charge is 0.0279 e. The molecule has 0 radical (unpaired) electrons. The highest BCUT2D eigenvalue weighted by Gasteiger charge is 2.27. The van der Waals surface area contributed by atoms with Crippen LogP contribution < -0.4 is 11.3 Å². The van der Waals surface area contributed by atoms with Crippen molar-refractivity contribution in [3.05, 3.63) is 34.9 Å². The molecule has 1 saturated carbocycles. The van der Waals surface area contributed by atoms with Gasteiger partial charge in [0.15, 0.2) is 0 Å². The second-order valence-electron chi connectivity index (χ2n) is 7.13. The number of hydrogen-bond acceptors (Lipinski definition) is 2. The maximum atomic E-state index is 5.90. The highest BCUT2D eigenvalue weighted by atomic mass is 15.2. The van der Waals surface area contributed by atoms with Crippen LogP contribution in [-0.2, 0) is 19.3 Å². The molecule has 0 saturated heterocycles. The van der Waals surface area contributed by atoms with Crippen molar-refractivity contribution in [2.45, 2.75) is 70.8 Å². The molecule has 0 spiro atoms. The summed E-state index contributed by atoms with van der Waals surface area (Å²) in [4.78, 5) is 0. The molecule has 0 aromatic heterocycles. The van der Waals surface area contributed by atoms with Gasteiger partial charge in [0.25, 0.3) is 0 Å². The fourth-order valence-electron chi connectivity index (χ4n) is 4.44. The van der Waals surface area contributed by atoms with Gasteiger partial charge >= 0.3 is 0 Å². The summed E-state index contributed by atoms with van der Waals surface area (Å²) >= 11 is 0. The average Bonchev–Trinajstić information content (AvgIpc) is 3.00. The molecule has 21 heavy (non-hydrogen) atoms. The summed E-state index contributed by atoms with van der Waals surface area (Å²) in [7, 11) is 0. The number of benzene rings is 1. The molecule has 0 heterocycles. The van der Waals surface area contributed by atoms with E-state index >= 15 is 0 Å². The van der Waals surface area contributed by atoms with Crippen molar-refractivity contribution in [2.24, 2.45) is 17.7 Å². The van der Waals surface area contributed by atoms with Crippen molar-refractivity contribution in [1.82, 2.24) is 5.43 Å². The molecule has 1 aromatic rings. The Kier molecular flexibility index (Phi) is 4.97. The van der Waals surface area contributed by atoms with Crippen LogP contribution in [0.15, 0.2) is 18.2 Å². The Bertz CT molecular complexity index is 469. The molecule has 0 bridgehead atoms. The number of nitrogens with two attached hydrogens (primary N) is 1. The minimum Gasteiger partial charge on any atom is -0.271 e. The highest BCUT2D eigenvalue weighted by molar-refractivity contribution is 5.35. The summed E-state index contributed by atoms with van der Waals surface area (Å²) in [5.41, 5.74) is 7.75. The summed E-state index contributed by atoms with van der Waals surface area (Å²) in [5, 5.41) is 0. The van der Waals surface area contributed by atoms with Crippen LogP contribution in [0.5, 0.6) is 0 Å². The lowest BCUT2D eigenvalue weighted by molar-refractivity contribution is 0.208. The summed E-state index contributed by atoms with van der Waals surface area (Å²) in [5.74, 6) is 7.57. The quantitative estimate of drug-likeness (QED) is 0.639. The molecule has 0 amide bonds. The van der Waals surface area contributed by atoms with E-state index < -0.39 is 0 Å². The van der Waals surface area contributed by atoms with Crippen LogP contribution in [-0.4, -0.2) is 6.04 Å². The van der Waals surface area contributed by atoms with E-state index in [4.69, 9.17) is 5.84 Å². The number of nitrogens with one attached hydrogen (secondary N) is 1. The van der Waals surface area contributed by atoms with Crippen molar-refractivity contribution in [2.75, 3.05) is 0 Å². The summed E-state index contributed by atoms with van der Waals surface area (Å²) < 4.78 is 0. The van der Waals surface area contributed by atoms with Gasteiger partial charge in [-0.05, 0) is 67.1 Å². The summed E-state index contributed by atoms with van der Waals surface area (Å²) in [6.45, 7) is 2.33. The van der Waals surface area contributed by atoms with Gasteiger partial charge in [-0.25, -0.2) is 0 Å². The zero-order valence-corrected chi connectivity index (χ0v) is 13.4. The van der Waals surface area contributed by atoms with Gasteiger partial charge in [-0.3, -0.25) is 11.3 Å². The van der Waals surface area contributed by atoms with E-state index in [2.05, 4.69) is 30.5 Å². The van der Waals surface area contributed by atoms with Crippen molar-refractivity contribution < 1.29 is 0 Å². The molecule has 2 aliphatic carbocycles. The number of rotatable bonds is 5. The van der Waals surface area contributed by atoms with Crippen molar-refractivity contribution in [1.29, 1.82) is 0 Å². The average molecular weight is 286 g/mol. The third-order valence-corrected chi connectivity index (χ3v) is 5.80. The van der Waals surface area contributed by atoms with Crippen LogP contribution in [0, 0.1) is 11.8 Å². The molecule has 1 fully saturated rings. The third-order valence-electron chi connectivity index (χ3n) is 5.80. The van der Waals surface area contributed by atoms with Gasteiger partial charge in [-0.15, -0.1) is 0 Å². The third kappa shape index (κ3) is 3.49. The lowest BCUT2D eigenvalue weighted by atomic mass is 9.75. The van der Waals surface area contributed by atoms with Gasteiger partial charge in [0.05, 0.1) is 0 Å². The van der Waals surface area contributed by atoms with Crippen LogP contribution in [0.2, 0.25) is 0 Å². The van der Waals surface area contributed by atoms with Gasteiger partial charge in [0.1, 0.15) is 0 Å². The molecule has 1 aromatic carbocycles. The largest absolute Gasteiger partial charge is 0.271 e. The van der Waals surface area contributed by atoms with Gasteiger partial charge < -0.3 is 0 Å². The Morgan fingerprint density at radius 2 is 2.05 bits per heavy atom. The fourth-order valence-corrected chi connectivity index (χ4v) is 4.44. The second kappa shape index (κ2) is 6.93. The van der Waals surface area contributed by atoms with E-state index in [1.54, 1.807) is 11.1 Å². The zero-order valence-electron chi connectivity index (χ0n) is 13.4. The predicted molar refractivity (Wildman–Crippen MR) is 89.0 cm³/mol. The lowest BCUT2D eigenvalue weighted by Gasteiger charge is -2.34. The van der Waals surface area contributed by atoms with E-state index in [0.717, 1.165) is 18.3 Å². The van der Waals surface area contributed by atoms with Gasteiger partial charge in [-0.2, -0.15) is 0 Å². The Morgan fingerprint density at radius 1 is 1.19 bits per heavy atom. The molecule has 2 nitrogen and oxygen atoms in total. The minimum atomic E-state index is 0.443. The Morgan fingerprint density at radius 3 is 2.86 bits per heavy atom. The Balaban J connectivity index is 1.66. The normalized spacial score (nSPS) is 26.6. The molecule has 3 rings (SSSR count). The van der Waals surface area contributed by atoms with Crippen molar-refractivity contribution >= 4 is 0 Å². The molecule has 2 aliphatic rings. The van der Waals surface area contributed by atoms with Crippen molar-refractivity contribution in [3.63, 3.8) is 0 Å². The predicted octanol–water partition coefficient (Wildman–Crippen LogP) is 3.77. The molecular weight excluding hydrogens is 256 g/mol. The molecule has 3 atom stereocenters. The van der Waals surface area contributed by atoms with Crippen LogP contribution >= 0.6 is 0 Å².